The first-order chi connectivity index (χ1) is 33.5. The molecule has 2 unspecified atom stereocenters. The van der Waals surface area contributed by atoms with Crippen LogP contribution >= 0.6 is 0 Å². The highest BCUT2D eigenvalue weighted by Crippen LogP contribution is 2.19. The predicted octanol–water partition coefficient (Wildman–Crippen LogP) is 19.5. The summed E-state index contributed by atoms with van der Waals surface area (Å²) in [5.41, 5.74) is 0. The van der Waals surface area contributed by atoms with E-state index < -0.39 is 12.1 Å². The van der Waals surface area contributed by atoms with Gasteiger partial charge in [-0.25, -0.2) is 0 Å². The van der Waals surface area contributed by atoms with E-state index in [0.29, 0.717) is 25.9 Å². The van der Waals surface area contributed by atoms with Gasteiger partial charge in [0.2, 0.25) is 5.91 Å². The quantitative estimate of drug-likeness (QED) is 0.0417. The second kappa shape index (κ2) is 58.4. The van der Waals surface area contributed by atoms with Crippen molar-refractivity contribution in [2.45, 2.75) is 373 Å². The molecular weight excluding hydrogens is 839 g/mol. The Morgan fingerprint density at radius 3 is 0.897 bits per heavy atom. The lowest BCUT2D eigenvalue weighted by atomic mass is 10.0. The monoisotopic (exact) mass is 962 g/mol. The van der Waals surface area contributed by atoms with Crippen molar-refractivity contribution in [3.63, 3.8) is 0 Å². The lowest BCUT2D eigenvalue weighted by Gasteiger charge is -2.22. The SMILES string of the molecule is CCCCCCCCCCCCCCCCCCC(=O)OCCCCCCCCCCCCCCCCCCCCCCCCCCCCC(=O)NC(CO)C(O)CCCCCCCCCCC. The lowest BCUT2D eigenvalue weighted by Crippen LogP contribution is -2.45. The van der Waals surface area contributed by atoms with E-state index >= 15 is 0 Å². The van der Waals surface area contributed by atoms with Gasteiger partial charge < -0.3 is 20.3 Å². The standard InChI is InChI=1S/C62H123NO5/c1-3-5-7-9-11-13-14-15-16-30-33-36-40-44-48-52-56-62(67)68-57-53-49-45-41-37-34-31-28-26-24-22-20-18-17-19-21-23-25-27-29-32-35-39-43-47-51-55-61(66)63-59(58-64)60(65)54-50-46-42-38-12-10-8-6-4-2/h59-60,64-65H,3-58H2,1-2H3,(H,63,66). The number of nitrogens with one attached hydrogen (secondary N) is 1. The van der Waals surface area contributed by atoms with Crippen LogP contribution in [0.25, 0.3) is 0 Å². The molecule has 6 nitrogen and oxygen atoms in total. The number of rotatable bonds is 59. The van der Waals surface area contributed by atoms with E-state index in [1.54, 1.807) is 0 Å². The number of ether oxygens (including phenoxy) is 1. The highest BCUT2D eigenvalue weighted by Gasteiger charge is 2.20. The van der Waals surface area contributed by atoms with Crippen LogP contribution in [-0.2, 0) is 14.3 Å². The molecule has 0 rings (SSSR count). The van der Waals surface area contributed by atoms with E-state index in [4.69, 9.17) is 4.74 Å². The Bertz CT molecular complexity index is 975. The summed E-state index contributed by atoms with van der Waals surface area (Å²) in [5.74, 6) is -0.0117. The molecule has 68 heavy (non-hydrogen) atoms. The highest BCUT2D eigenvalue weighted by atomic mass is 16.5. The number of aliphatic hydroxyl groups excluding tert-OH is 2. The van der Waals surface area contributed by atoms with Crippen molar-refractivity contribution in [2.75, 3.05) is 13.2 Å². The summed E-state index contributed by atoms with van der Waals surface area (Å²) in [6.07, 6.45) is 68.5. The molecule has 406 valence electrons. The zero-order chi connectivity index (χ0) is 49.3. The Morgan fingerprint density at radius 2 is 0.603 bits per heavy atom. The molecule has 0 saturated carbocycles. The number of hydrogen-bond acceptors (Lipinski definition) is 5. The molecule has 0 saturated heterocycles. The molecule has 0 spiro atoms. The van der Waals surface area contributed by atoms with Crippen LogP contribution in [0.15, 0.2) is 0 Å². The van der Waals surface area contributed by atoms with Gasteiger partial charge in [-0.3, -0.25) is 9.59 Å². The van der Waals surface area contributed by atoms with Crippen LogP contribution in [0.3, 0.4) is 0 Å². The smallest absolute Gasteiger partial charge is 0.305 e. The zero-order valence-corrected chi connectivity index (χ0v) is 46.4. The average molecular weight is 963 g/mol. The second-order valence-corrected chi connectivity index (χ2v) is 21.8. The minimum absolute atomic E-state index is 0.0215. The van der Waals surface area contributed by atoms with Gasteiger partial charge in [-0.1, -0.05) is 322 Å². The molecule has 0 aromatic heterocycles. The molecule has 0 aromatic carbocycles. The predicted molar refractivity (Wildman–Crippen MR) is 297 cm³/mol. The molecule has 6 heteroatoms. The third-order valence-corrected chi connectivity index (χ3v) is 14.9. The summed E-state index contributed by atoms with van der Waals surface area (Å²) in [6, 6.07) is -0.536. The summed E-state index contributed by atoms with van der Waals surface area (Å²) in [6.45, 7) is 4.96. The van der Waals surface area contributed by atoms with Gasteiger partial charge in [-0.2, -0.15) is 0 Å². The number of esters is 1. The first kappa shape index (κ1) is 66.9. The Hall–Kier alpha value is -1.14. The van der Waals surface area contributed by atoms with E-state index in [2.05, 4.69) is 19.2 Å². The second-order valence-electron chi connectivity index (χ2n) is 21.8. The number of carbonyl (C=O) groups is 2. The Morgan fingerprint density at radius 1 is 0.353 bits per heavy atom. The van der Waals surface area contributed by atoms with Crippen molar-refractivity contribution < 1.29 is 24.5 Å². The van der Waals surface area contributed by atoms with Gasteiger partial charge in [0.05, 0.1) is 25.4 Å². The van der Waals surface area contributed by atoms with Crippen LogP contribution in [0.2, 0.25) is 0 Å². The van der Waals surface area contributed by atoms with E-state index in [0.717, 1.165) is 38.5 Å². The molecule has 0 bridgehead atoms. The van der Waals surface area contributed by atoms with Crippen LogP contribution in [0.4, 0.5) is 0 Å². The lowest BCUT2D eigenvalue weighted by molar-refractivity contribution is -0.143. The molecule has 0 aromatic rings. The first-order valence-electron chi connectivity index (χ1n) is 31.3. The molecule has 0 fully saturated rings. The van der Waals surface area contributed by atoms with Gasteiger partial charge in [-0.15, -0.1) is 0 Å². The largest absolute Gasteiger partial charge is 0.466 e. The summed E-state index contributed by atoms with van der Waals surface area (Å²) in [4.78, 5) is 24.5. The Kier molecular flexibility index (Phi) is 57.5. The average Bonchev–Trinajstić information content (AvgIpc) is 3.34. The van der Waals surface area contributed by atoms with Crippen molar-refractivity contribution in [1.82, 2.24) is 5.32 Å². The maximum atomic E-state index is 12.4. The van der Waals surface area contributed by atoms with Crippen molar-refractivity contribution in [2.24, 2.45) is 0 Å². The summed E-state index contributed by atoms with van der Waals surface area (Å²) >= 11 is 0. The molecule has 1 amide bonds. The van der Waals surface area contributed by atoms with Gasteiger partial charge in [0.25, 0.3) is 0 Å². The van der Waals surface area contributed by atoms with Crippen molar-refractivity contribution in [3.8, 4) is 0 Å². The molecule has 3 N–H and O–H groups in total. The van der Waals surface area contributed by atoms with E-state index in [-0.39, 0.29) is 18.5 Å². The summed E-state index contributed by atoms with van der Waals surface area (Å²) in [7, 11) is 0. The van der Waals surface area contributed by atoms with E-state index in [1.807, 2.05) is 0 Å². The van der Waals surface area contributed by atoms with Crippen LogP contribution in [0, 0.1) is 0 Å². The molecule has 0 aliphatic rings. The fourth-order valence-electron chi connectivity index (χ4n) is 10.1. The van der Waals surface area contributed by atoms with E-state index in [9.17, 15) is 19.8 Å². The van der Waals surface area contributed by atoms with Crippen LogP contribution in [0.1, 0.15) is 361 Å². The normalized spacial score (nSPS) is 12.5. The van der Waals surface area contributed by atoms with Gasteiger partial charge in [0, 0.05) is 12.8 Å². The van der Waals surface area contributed by atoms with Crippen LogP contribution in [0.5, 0.6) is 0 Å². The maximum absolute atomic E-state index is 12.4. The number of amides is 1. The Labute approximate surface area is 426 Å². The minimum atomic E-state index is -0.659. The number of carbonyl (C=O) groups excluding carboxylic acids is 2. The van der Waals surface area contributed by atoms with Crippen molar-refractivity contribution >= 4 is 11.9 Å². The molecule has 0 aliphatic heterocycles. The number of hydrogen-bond donors (Lipinski definition) is 3. The minimum Gasteiger partial charge on any atom is -0.466 e. The van der Waals surface area contributed by atoms with Gasteiger partial charge in [-0.05, 0) is 25.7 Å². The molecular formula is C62H123NO5. The van der Waals surface area contributed by atoms with Crippen molar-refractivity contribution in [3.05, 3.63) is 0 Å². The molecule has 0 aliphatic carbocycles. The topological polar surface area (TPSA) is 95.9 Å². The Balaban J connectivity index is 3.29. The third-order valence-electron chi connectivity index (χ3n) is 14.9. The fraction of sp³-hybridized carbons (Fsp3) is 0.968. The third kappa shape index (κ3) is 54.2. The number of unbranched alkanes of at least 4 members (excludes halogenated alkanes) is 48. The number of aliphatic hydroxyl groups is 2. The van der Waals surface area contributed by atoms with Crippen molar-refractivity contribution in [1.29, 1.82) is 0 Å². The maximum Gasteiger partial charge on any atom is 0.305 e. The molecule has 2 atom stereocenters. The van der Waals surface area contributed by atoms with Crippen LogP contribution in [-0.4, -0.2) is 47.4 Å². The summed E-state index contributed by atoms with van der Waals surface area (Å²) in [5, 5.41) is 23.1. The fourth-order valence-corrected chi connectivity index (χ4v) is 10.1. The summed E-state index contributed by atoms with van der Waals surface area (Å²) < 4.78 is 5.50. The highest BCUT2D eigenvalue weighted by molar-refractivity contribution is 5.76. The zero-order valence-electron chi connectivity index (χ0n) is 46.4. The molecule has 0 heterocycles. The van der Waals surface area contributed by atoms with Gasteiger partial charge in [0.1, 0.15) is 0 Å². The molecule has 0 radical (unpaired) electrons. The van der Waals surface area contributed by atoms with E-state index in [1.165, 1.54) is 289 Å². The van der Waals surface area contributed by atoms with Gasteiger partial charge >= 0.3 is 5.97 Å². The van der Waals surface area contributed by atoms with Gasteiger partial charge in [0.15, 0.2) is 0 Å². The van der Waals surface area contributed by atoms with Crippen LogP contribution < -0.4 is 5.32 Å². The first-order valence-corrected chi connectivity index (χ1v) is 31.3.